The van der Waals surface area contributed by atoms with Crippen LogP contribution >= 0.6 is 0 Å². The van der Waals surface area contributed by atoms with Crippen molar-refractivity contribution in [1.82, 2.24) is 5.32 Å². The molecule has 1 amide bonds. The minimum Gasteiger partial charge on any atom is -0.355 e. The lowest BCUT2D eigenvalue weighted by atomic mass is 10.2. The van der Waals surface area contributed by atoms with Gasteiger partial charge < -0.3 is 11.1 Å². The molecule has 0 saturated heterocycles. The molecule has 0 fully saturated rings. The summed E-state index contributed by atoms with van der Waals surface area (Å²) in [6.45, 7) is 1.73. The monoisotopic (exact) mass is 209 g/mol. The van der Waals surface area contributed by atoms with Gasteiger partial charge in [0.15, 0.2) is 0 Å². The van der Waals surface area contributed by atoms with E-state index in [4.69, 9.17) is 10.9 Å². The molecule has 0 saturated carbocycles. The molecule has 0 bridgehead atoms. The third-order valence-corrected chi connectivity index (χ3v) is 1.99. The Balaban J connectivity index is 3.61. The highest BCUT2D eigenvalue weighted by Crippen LogP contribution is 1.85. The fourth-order valence-electron chi connectivity index (χ4n) is 0.697. The highest BCUT2D eigenvalue weighted by molar-refractivity contribution is 7.89. The highest BCUT2D eigenvalue weighted by Gasteiger charge is 2.06. The Kier molecular flexibility index (Phi) is 4.89. The van der Waals surface area contributed by atoms with E-state index in [1.807, 2.05) is 0 Å². The number of rotatable bonds is 5. The molecule has 7 heteroatoms. The molecule has 0 aromatic heterocycles. The van der Waals surface area contributed by atoms with E-state index >= 15 is 0 Å². The molecular formula is C6H15N3O3S. The number of nitrogens with two attached hydrogens (primary N) is 2. The third-order valence-electron chi connectivity index (χ3n) is 1.22. The van der Waals surface area contributed by atoms with Gasteiger partial charge in [0.25, 0.3) is 0 Å². The standard InChI is InChI=1S/C6H15N3O3S/c1-5(7)4-6(10)9-2-3-13(8,11)12/h5H,2-4,7H2,1H3,(H,9,10)(H2,8,11,12). The summed E-state index contributed by atoms with van der Waals surface area (Å²) in [5.74, 6) is -0.517. The molecule has 0 radical (unpaired) electrons. The van der Waals surface area contributed by atoms with Gasteiger partial charge in [-0.2, -0.15) is 0 Å². The summed E-state index contributed by atoms with van der Waals surface area (Å²) in [5.41, 5.74) is 5.35. The van der Waals surface area contributed by atoms with Crippen molar-refractivity contribution in [3.05, 3.63) is 0 Å². The molecule has 0 aromatic rings. The molecule has 13 heavy (non-hydrogen) atoms. The fraction of sp³-hybridized carbons (Fsp3) is 0.833. The largest absolute Gasteiger partial charge is 0.355 e. The Morgan fingerprint density at radius 1 is 1.54 bits per heavy atom. The minimum atomic E-state index is -3.49. The predicted molar refractivity (Wildman–Crippen MR) is 49.3 cm³/mol. The van der Waals surface area contributed by atoms with Gasteiger partial charge in [-0.3, -0.25) is 4.79 Å². The number of hydrogen-bond acceptors (Lipinski definition) is 4. The van der Waals surface area contributed by atoms with E-state index < -0.39 is 10.0 Å². The van der Waals surface area contributed by atoms with Crippen LogP contribution in [0.5, 0.6) is 0 Å². The first-order valence-corrected chi connectivity index (χ1v) is 5.55. The first-order valence-electron chi connectivity index (χ1n) is 3.84. The SMILES string of the molecule is CC(N)CC(=O)NCCS(N)(=O)=O. The first kappa shape index (κ1) is 12.3. The Labute approximate surface area is 77.7 Å². The van der Waals surface area contributed by atoms with Crippen molar-refractivity contribution in [3.8, 4) is 0 Å². The van der Waals surface area contributed by atoms with Gasteiger partial charge in [-0.15, -0.1) is 0 Å². The third kappa shape index (κ3) is 9.25. The lowest BCUT2D eigenvalue weighted by molar-refractivity contribution is -0.121. The van der Waals surface area contributed by atoms with Crippen LogP contribution < -0.4 is 16.2 Å². The lowest BCUT2D eigenvalue weighted by Gasteiger charge is -2.05. The summed E-state index contributed by atoms with van der Waals surface area (Å²) in [6.07, 6.45) is 0.185. The summed E-state index contributed by atoms with van der Waals surface area (Å²) in [4.78, 5) is 10.9. The first-order chi connectivity index (χ1) is 5.81. The van der Waals surface area contributed by atoms with E-state index in [-0.39, 0.29) is 30.7 Å². The number of primary sulfonamides is 1. The summed E-state index contributed by atoms with van der Waals surface area (Å²) in [7, 11) is -3.49. The number of carbonyl (C=O) groups is 1. The van der Waals surface area contributed by atoms with E-state index in [1.54, 1.807) is 6.92 Å². The smallest absolute Gasteiger partial charge is 0.221 e. The second-order valence-electron chi connectivity index (χ2n) is 2.90. The molecule has 0 aliphatic carbocycles. The summed E-state index contributed by atoms with van der Waals surface area (Å²) in [6, 6.07) is -0.227. The topological polar surface area (TPSA) is 115 Å². The molecule has 0 heterocycles. The van der Waals surface area contributed by atoms with Crippen LogP contribution in [0.4, 0.5) is 0 Å². The van der Waals surface area contributed by atoms with Crippen molar-refractivity contribution in [3.63, 3.8) is 0 Å². The maximum atomic E-state index is 10.9. The van der Waals surface area contributed by atoms with Gasteiger partial charge in [0.1, 0.15) is 0 Å². The second kappa shape index (κ2) is 5.15. The van der Waals surface area contributed by atoms with E-state index in [0.717, 1.165) is 0 Å². The zero-order chi connectivity index (χ0) is 10.5. The summed E-state index contributed by atoms with van der Waals surface area (Å²) >= 11 is 0. The number of amides is 1. The zero-order valence-corrected chi connectivity index (χ0v) is 8.30. The Morgan fingerprint density at radius 3 is 2.46 bits per heavy atom. The van der Waals surface area contributed by atoms with Crippen LogP contribution in [0.1, 0.15) is 13.3 Å². The molecule has 1 atom stereocenters. The average Bonchev–Trinajstić information content (AvgIpc) is 1.81. The Hall–Kier alpha value is -0.660. The molecule has 0 aliphatic rings. The van der Waals surface area contributed by atoms with Gasteiger partial charge in [0.05, 0.1) is 5.75 Å². The van der Waals surface area contributed by atoms with Gasteiger partial charge in [0, 0.05) is 19.0 Å². The maximum Gasteiger partial charge on any atom is 0.221 e. The average molecular weight is 209 g/mol. The lowest BCUT2D eigenvalue weighted by Crippen LogP contribution is -2.34. The predicted octanol–water partition coefficient (Wildman–Crippen LogP) is -1.87. The van der Waals surface area contributed by atoms with Crippen LogP contribution in [0.25, 0.3) is 0 Å². The van der Waals surface area contributed by atoms with Gasteiger partial charge in [-0.1, -0.05) is 0 Å². The zero-order valence-electron chi connectivity index (χ0n) is 7.49. The molecule has 1 unspecified atom stereocenters. The van der Waals surface area contributed by atoms with Crippen molar-refractivity contribution in [2.45, 2.75) is 19.4 Å². The molecule has 0 aromatic carbocycles. The van der Waals surface area contributed by atoms with Gasteiger partial charge in [-0.05, 0) is 6.92 Å². The van der Waals surface area contributed by atoms with Crippen LogP contribution in [0.3, 0.4) is 0 Å². The van der Waals surface area contributed by atoms with Crippen molar-refractivity contribution >= 4 is 15.9 Å². The van der Waals surface area contributed by atoms with E-state index in [1.165, 1.54) is 0 Å². The molecule has 78 valence electrons. The van der Waals surface area contributed by atoms with Gasteiger partial charge >= 0.3 is 0 Å². The Bertz CT molecular complexity index is 260. The van der Waals surface area contributed by atoms with Gasteiger partial charge in [-0.25, -0.2) is 13.6 Å². The maximum absolute atomic E-state index is 10.9. The molecule has 6 nitrogen and oxygen atoms in total. The number of hydrogen-bond donors (Lipinski definition) is 3. The fourth-order valence-corrected chi connectivity index (χ4v) is 1.08. The van der Waals surface area contributed by atoms with Crippen LogP contribution in [0.2, 0.25) is 0 Å². The van der Waals surface area contributed by atoms with E-state index in [2.05, 4.69) is 5.32 Å². The van der Waals surface area contributed by atoms with E-state index in [9.17, 15) is 13.2 Å². The van der Waals surface area contributed by atoms with Crippen LogP contribution in [0.15, 0.2) is 0 Å². The quantitative estimate of drug-likeness (QED) is 0.492. The molecule has 0 spiro atoms. The normalized spacial score (nSPS) is 13.8. The van der Waals surface area contributed by atoms with Crippen LogP contribution in [0, 0.1) is 0 Å². The molecule has 0 rings (SSSR count). The van der Waals surface area contributed by atoms with E-state index in [0.29, 0.717) is 0 Å². The van der Waals surface area contributed by atoms with Crippen molar-refractivity contribution in [1.29, 1.82) is 0 Å². The van der Waals surface area contributed by atoms with Crippen molar-refractivity contribution < 1.29 is 13.2 Å². The number of nitrogens with one attached hydrogen (secondary N) is 1. The van der Waals surface area contributed by atoms with Crippen molar-refractivity contribution in [2.24, 2.45) is 10.9 Å². The van der Waals surface area contributed by atoms with Crippen LogP contribution in [-0.4, -0.2) is 32.7 Å². The number of carbonyl (C=O) groups excluding carboxylic acids is 1. The highest BCUT2D eigenvalue weighted by atomic mass is 32.2. The van der Waals surface area contributed by atoms with Gasteiger partial charge in [0.2, 0.25) is 15.9 Å². The minimum absolute atomic E-state index is 0.0321. The Morgan fingerprint density at radius 2 is 2.08 bits per heavy atom. The number of sulfonamides is 1. The molecular weight excluding hydrogens is 194 g/mol. The molecule has 0 aliphatic heterocycles. The van der Waals surface area contributed by atoms with Crippen LogP contribution in [-0.2, 0) is 14.8 Å². The molecule has 5 N–H and O–H groups in total. The van der Waals surface area contributed by atoms with Crippen molar-refractivity contribution in [2.75, 3.05) is 12.3 Å². The second-order valence-corrected chi connectivity index (χ2v) is 4.63. The summed E-state index contributed by atoms with van der Waals surface area (Å²) in [5, 5.41) is 7.11. The summed E-state index contributed by atoms with van der Waals surface area (Å²) < 4.78 is 20.9.